The fraction of sp³-hybridized carbons (Fsp3) is 0.667. The van der Waals surface area contributed by atoms with E-state index in [1.165, 1.54) is 37.3 Å². The van der Waals surface area contributed by atoms with Crippen molar-refractivity contribution >= 4 is 35.7 Å². The maximum absolute atomic E-state index is 13.2. The highest BCUT2D eigenvalue weighted by Gasteiger charge is 2.35. The molecule has 10 heteroatoms. The molecule has 0 aromatic heterocycles. The number of piperidine rings is 1. The fourth-order valence-electron chi connectivity index (χ4n) is 5.35. The second-order valence-electron chi connectivity index (χ2n) is 13.5. The summed E-state index contributed by atoms with van der Waals surface area (Å²) in [5.74, 6) is 0.237. The molecule has 0 radical (unpaired) electrons. The predicted molar refractivity (Wildman–Crippen MR) is 188 cm³/mol. The summed E-state index contributed by atoms with van der Waals surface area (Å²) in [6.07, 6.45) is 7.88. The van der Waals surface area contributed by atoms with E-state index in [0.29, 0.717) is 36.5 Å². The Balaban J connectivity index is 0.000000674. The van der Waals surface area contributed by atoms with Crippen molar-refractivity contribution < 1.29 is 19.2 Å². The summed E-state index contributed by atoms with van der Waals surface area (Å²) in [6, 6.07) is 7.15. The van der Waals surface area contributed by atoms with Crippen LogP contribution in [-0.4, -0.2) is 90.2 Å². The predicted octanol–water partition coefficient (Wildman–Crippen LogP) is 5.67. The second kappa shape index (κ2) is 21.8. The number of likely N-dealkylation sites (N-methyl/N-ethyl adjacent to an activating group) is 1. The van der Waals surface area contributed by atoms with Gasteiger partial charge in [0.25, 0.3) is 0 Å². The lowest BCUT2D eigenvalue weighted by Gasteiger charge is -2.30. The number of halogens is 1. The standard InChI is InChI=1S/C24H33ClN4O4.C8H17N.C4H10/c1-16(2)21(28(4)22(31)14-26-15-30)12-17(3)24(33)29-11-5-6-20(29)23(32)27-13-18-7-9-19(25)10-8-18;1-8(2)9-6-4-3-5-7-9;1-4(2)3/h7-10,12,15-16,20-21H,5-6,11,13-14H2,1-4H3,(H,26,30)(H,27,32);8H,3-7H2,1-2H3;4H,1-3H3/b17-12+;;/t20?,21-;;/m1../s1. The van der Waals surface area contributed by atoms with Crippen molar-refractivity contribution in [1.29, 1.82) is 0 Å². The number of hydrogen-bond acceptors (Lipinski definition) is 5. The highest BCUT2D eigenvalue weighted by atomic mass is 35.5. The summed E-state index contributed by atoms with van der Waals surface area (Å²) in [5.41, 5.74) is 1.41. The molecule has 0 aliphatic carbocycles. The van der Waals surface area contributed by atoms with Crippen LogP contribution in [0.25, 0.3) is 0 Å². The molecule has 1 unspecified atom stereocenters. The molecular formula is C36H60ClN5O4. The Labute approximate surface area is 283 Å². The summed E-state index contributed by atoms with van der Waals surface area (Å²) in [4.78, 5) is 54.5. The molecule has 260 valence electrons. The van der Waals surface area contributed by atoms with E-state index in [1.807, 2.05) is 26.0 Å². The van der Waals surface area contributed by atoms with E-state index in [2.05, 4.69) is 50.2 Å². The SMILES string of the molecule is C/C(=C\[C@H](C(C)C)N(C)C(=O)CNC=O)C(=O)N1CCCC1C(=O)NCc1ccc(Cl)cc1.CC(C)C.CC(C)N1CCCCC1. The smallest absolute Gasteiger partial charge is 0.249 e. The highest BCUT2D eigenvalue weighted by molar-refractivity contribution is 6.30. The topological polar surface area (TPSA) is 102 Å². The van der Waals surface area contributed by atoms with Crippen molar-refractivity contribution in [2.75, 3.05) is 33.2 Å². The number of hydrogen-bond donors (Lipinski definition) is 2. The first-order valence-corrected chi connectivity index (χ1v) is 17.3. The van der Waals surface area contributed by atoms with Crippen LogP contribution in [0.3, 0.4) is 0 Å². The Hall–Kier alpha value is -2.91. The number of nitrogens with one attached hydrogen (secondary N) is 2. The summed E-state index contributed by atoms with van der Waals surface area (Å²) in [6.45, 7) is 20.1. The van der Waals surface area contributed by atoms with Gasteiger partial charge >= 0.3 is 0 Å². The van der Waals surface area contributed by atoms with E-state index in [4.69, 9.17) is 11.6 Å². The molecule has 46 heavy (non-hydrogen) atoms. The molecule has 2 fully saturated rings. The summed E-state index contributed by atoms with van der Waals surface area (Å²) >= 11 is 5.90. The van der Waals surface area contributed by atoms with Gasteiger partial charge in [0, 0.05) is 36.8 Å². The van der Waals surface area contributed by atoms with Gasteiger partial charge in [0.1, 0.15) is 6.04 Å². The molecule has 2 saturated heterocycles. The lowest BCUT2D eigenvalue weighted by molar-refractivity contribution is -0.135. The van der Waals surface area contributed by atoms with Crippen LogP contribution in [0, 0.1) is 11.8 Å². The third-order valence-corrected chi connectivity index (χ3v) is 8.19. The van der Waals surface area contributed by atoms with Crippen LogP contribution in [0.4, 0.5) is 0 Å². The molecule has 0 spiro atoms. The monoisotopic (exact) mass is 661 g/mol. The number of likely N-dealkylation sites (tertiary alicyclic amines) is 2. The Morgan fingerprint density at radius 3 is 2.04 bits per heavy atom. The molecule has 2 aliphatic rings. The van der Waals surface area contributed by atoms with Crippen molar-refractivity contribution in [3.8, 4) is 0 Å². The van der Waals surface area contributed by atoms with Gasteiger partial charge in [-0.3, -0.25) is 19.2 Å². The fourth-order valence-corrected chi connectivity index (χ4v) is 5.48. The van der Waals surface area contributed by atoms with Gasteiger partial charge in [-0.1, -0.05) is 70.8 Å². The zero-order valence-electron chi connectivity index (χ0n) is 29.8. The van der Waals surface area contributed by atoms with Crippen LogP contribution < -0.4 is 10.6 Å². The van der Waals surface area contributed by atoms with E-state index >= 15 is 0 Å². The van der Waals surface area contributed by atoms with Crippen LogP contribution in [0.1, 0.15) is 93.1 Å². The molecule has 2 heterocycles. The first-order valence-electron chi connectivity index (χ1n) is 16.9. The summed E-state index contributed by atoms with van der Waals surface area (Å²) < 4.78 is 0. The van der Waals surface area contributed by atoms with Crippen LogP contribution in [0.15, 0.2) is 35.9 Å². The minimum absolute atomic E-state index is 0.0509. The third kappa shape index (κ3) is 15.1. The molecule has 0 bridgehead atoms. The zero-order chi connectivity index (χ0) is 34.8. The number of amides is 4. The van der Waals surface area contributed by atoms with Gasteiger partial charge in [0.15, 0.2) is 0 Å². The lowest BCUT2D eigenvalue weighted by Crippen LogP contribution is -2.47. The van der Waals surface area contributed by atoms with E-state index in [-0.39, 0.29) is 36.2 Å². The number of carbonyl (C=O) groups excluding carboxylic acids is 4. The molecule has 2 atom stereocenters. The quantitative estimate of drug-likeness (QED) is 0.235. The van der Waals surface area contributed by atoms with Crippen LogP contribution in [0.2, 0.25) is 5.02 Å². The largest absolute Gasteiger partial charge is 0.350 e. The zero-order valence-corrected chi connectivity index (χ0v) is 30.5. The first-order chi connectivity index (χ1) is 21.7. The number of nitrogens with zero attached hydrogens (tertiary/aromatic N) is 3. The normalized spacial score (nSPS) is 17.5. The third-order valence-electron chi connectivity index (χ3n) is 7.94. The van der Waals surface area contributed by atoms with E-state index in [1.54, 1.807) is 37.1 Å². The molecular weight excluding hydrogens is 602 g/mol. The van der Waals surface area contributed by atoms with Gasteiger partial charge in [-0.15, -0.1) is 0 Å². The maximum Gasteiger partial charge on any atom is 0.249 e. The summed E-state index contributed by atoms with van der Waals surface area (Å²) in [5, 5.41) is 5.91. The Kier molecular flexibility index (Phi) is 19.5. The van der Waals surface area contributed by atoms with E-state index in [0.717, 1.165) is 23.9 Å². The van der Waals surface area contributed by atoms with Crippen molar-refractivity contribution in [2.24, 2.45) is 11.8 Å². The van der Waals surface area contributed by atoms with Crippen LogP contribution in [0.5, 0.6) is 0 Å². The summed E-state index contributed by atoms with van der Waals surface area (Å²) in [7, 11) is 1.65. The Bertz CT molecular complexity index is 1100. The van der Waals surface area contributed by atoms with Gasteiger partial charge in [-0.2, -0.15) is 0 Å². The molecule has 1 aromatic rings. The van der Waals surface area contributed by atoms with Crippen molar-refractivity contribution in [2.45, 2.75) is 112 Å². The molecule has 9 nitrogen and oxygen atoms in total. The molecule has 2 N–H and O–H groups in total. The van der Waals surface area contributed by atoms with Gasteiger partial charge < -0.3 is 25.3 Å². The van der Waals surface area contributed by atoms with Gasteiger partial charge in [0.05, 0.1) is 12.6 Å². The average molecular weight is 662 g/mol. The highest BCUT2D eigenvalue weighted by Crippen LogP contribution is 2.22. The minimum Gasteiger partial charge on any atom is -0.350 e. The Morgan fingerprint density at radius 2 is 1.54 bits per heavy atom. The van der Waals surface area contributed by atoms with Gasteiger partial charge in [0.2, 0.25) is 24.1 Å². The molecule has 1 aromatic carbocycles. The maximum atomic E-state index is 13.2. The lowest BCUT2D eigenvalue weighted by atomic mass is 9.99. The van der Waals surface area contributed by atoms with Gasteiger partial charge in [-0.05, 0) is 89.1 Å². The Morgan fingerprint density at radius 1 is 0.957 bits per heavy atom. The number of rotatable bonds is 11. The first kappa shape index (κ1) is 41.1. The second-order valence-corrected chi connectivity index (χ2v) is 13.9. The van der Waals surface area contributed by atoms with Crippen molar-refractivity contribution in [3.05, 3.63) is 46.5 Å². The van der Waals surface area contributed by atoms with Crippen molar-refractivity contribution in [1.82, 2.24) is 25.3 Å². The minimum atomic E-state index is -0.526. The van der Waals surface area contributed by atoms with E-state index in [9.17, 15) is 19.2 Å². The number of benzene rings is 1. The van der Waals surface area contributed by atoms with Gasteiger partial charge in [-0.25, -0.2) is 0 Å². The number of carbonyl (C=O) groups is 4. The molecule has 4 amide bonds. The average Bonchev–Trinajstić information content (AvgIpc) is 3.52. The van der Waals surface area contributed by atoms with Crippen LogP contribution in [-0.2, 0) is 25.7 Å². The molecule has 3 rings (SSSR count). The van der Waals surface area contributed by atoms with Crippen molar-refractivity contribution in [3.63, 3.8) is 0 Å². The van der Waals surface area contributed by atoms with Crippen LogP contribution >= 0.6 is 11.6 Å². The molecule has 2 aliphatic heterocycles. The van der Waals surface area contributed by atoms with E-state index < -0.39 is 6.04 Å². The molecule has 0 saturated carbocycles.